The van der Waals surface area contributed by atoms with Crippen molar-refractivity contribution in [2.75, 3.05) is 31.5 Å². The summed E-state index contributed by atoms with van der Waals surface area (Å²) in [5, 5.41) is 19.4. The lowest BCUT2D eigenvalue weighted by molar-refractivity contribution is -0.384. The number of piperidine rings is 1. The van der Waals surface area contributed by atoms with E-state index in [2.05, 4.69) is 31.5 Å². The highest BCUT2D eigenvalue weighted by molar-refractivity contribution is 9.10. The van der Waals surface area contributed by atoms with Gasteiger partial charge in [-0.2, -0.15) is 0 Å². The summed E-state index contributed by atoms with van der Waals surface area (Å²) in [6.45, 7) is 5.72. The summed E-state index contributed by atoms with van der Waals surface area (Å²) in [5.74, 6) is -0.565. The molecule has 210 valence electrons. The molecule has 2 aliphatic heterocycles. The van der Waals surface area contributed by atoms with Gasteiger partial charge < -0.3 is 25.4 Å². The molecule has 11 nitrogen and oxygen atoms in total. The molecule has 0 spiro atoms. The summed E-state index contributed by atoms with van der Waals surface area (Å²) >= 11 is 3.34. The van der Waals surface area contributed by atoms with Crippen LogP contribution in [0.4, 0.5) is 11.4 Å². The minimum atomic E-state index is -0.499. The molecule has 12 heteroatoms. The lowest BCUT2D eigenvalue weighted by atomic mass is 10.0. The Hall–Kier alpha value is -3.77. The Labute approximate surface area is 239 Å². The van der Waals surface area contributed by atoms with Gasteiger partial charge in [-0.15, -0.1) is 0 Å². The number of amides is 2. The largest absolute Gasteiger partial charge is 0.374 e. The second-order valence-electron chi connectivity index (χ2n) is 10.6. The van der Waals surface area contributed by atoms with Crippen molar-refractivity contribution in [2.24, 2.45) is 0 Å². The summed E-state index contributed by atoms with van der Waals surface area (Å²) in [6.07, 6.45) is 1.31. The number of nitro groups is 1. The number of aromatic nitrogens is 1. The molecule has 3 heterocycles. The topological polar surface area (TPSA) is 141 Å². The number of rotatable bonds is 5. The number of aromatic amines is 1. The molecule has 0 aliphatic carbocycles. The summed E-state index contributed by atoms with van der Waals surface area (Å²) in [4.78, 5) is 57.3. The molecule has 0 radical (unpaired) electrons. The van der Waals surface area contributed by atoms with Gasteiger partial charge in [0.25, 0.3) is 17.5 Å². The third-order valence-electron chi connectivity index (χ3n) is 7.39. The molecule has 40 heavy (non-hydrogen) atoms. The van der Waals surface area contributed by atoms with Crippen molar-refractivity contribution in [1.29, 1.82) is 0 Å². The number of nitro benzene ring substituents is 1. The summed E-state index contributed by atoms with van der Waals surface area (Å²) in [5.41, 5.74) is 0.684. The molecule has 2 amide bonds. The van der Waals surface area contributed by atoms with Gasteiger partial charge >= 0.3 is 0 Å². The van der Waals surface area contributed by atoms with Crippen LogP contribution in [0, 0.1) is 10.1 Å². The molecule has 2 saturated heterocycles. The number of hydrogen-bond acceptors (Lipinski definition) is 7. The first-order valence-electron chi connectivity index (χ1n) is 13.3. The molecule has 1 aromatic heterocycles. The van der Waals surface area contributed by atoms with E-state index in [4.69, 9.17) is 0 Å². The van der Waals surface area contributed by atoms with Crippen LogP contribution in [0.25, 0.3) is 10.9 Å². The van der Waals surface area contributed by atoms with E-state index >= 15 is 0 Å². The highest BCUT2D eigenvalue weighted by Gasteiger charge is 2.33. The van der Waals surface area contributed by atoms with E-state index in [-0.39, 0.29) is 59.0 Å². The van der Waals surface area contributed by atoms with E-state index in [1.165, 1.54) is 12.1 Å². The normalized spacial score (nSPS) is 21.3. The Bertz CT molecular complexity index is 1530. The molecule has 3 aromatic rings. The highest BCUT2D eigenvalue weighted by Crippen LogP contribution is 2.35. The van der Waals surface area contributed by atoms with Crippen LogP contribution < -0.4 is 16.2 Å². The standard InChI is InChI=1S/C28H31BrN6O5/c1-16-13-34(14-17(2)30-16)28(38)22-10-18(29)11-24(35(39)40)26(22)31-19-6-5-9-33(15-19)27(37)21-12-25(36)32-23-8-4-3-7-20(21)23/h3-4,7-8,10-12,16-17,19,30-31H,5-6,9,13-15H2,1-2H3,(H,32,36)/t16-,17+,19-/m1/s1. The predicted molar refractivity (Wildman–Crippen MR) is 156 cm³/mol. The summed E-state index contributed by atoms with van der Waals surface area (Å²) in [7, 11) is 0. The number of anilines is 1. The zero-order valence-electron chi connectivity index (χ0n) is 22.3. The van der Waals surface area contributed by atoms with E-state index in [0.29, 0.717) is 53.4 Å². The molecule has 3 atom stereocenters. The first-order valence-corrected chi connectivity index (χ1v) is 14.1. The predicted octanol–water partition coefficient (Wildman–Crippen LogP) is 3.74. The van der Waals surface area contributed by atoms with Gasteiger partial charge in [0, 0.05) is 71.8 Å². The number of pyridine rings is 1. The number of nitrogens with one attached hydrogen (secondary N) is 3. The third kappa shape index (κ3) is 5.73. The average Bonchev–Trinajstić information content (AvgIpc) is 2.92. The summed E-state index contributed by atoms with van der Waals surface area (Å²) in [6, 6.07) is 11.3. The smallest absolute Gasteiger partial charge is 0.294 e. The molecule has 0 unspecified atom stereocenters. The first kappa shape index (κ1) is 27.8. The van der Waals surface area contributed by atoms with Gasteiger partial charge in [-0.25, -0.2) is 0 Å². The lowest BCUT2D eigenvalue weighted by Crippen LogP contribution is -2.56. The quantitative estimate of drug-likeness (QED) is 0.295. The second kappa shape index (κ2) is 11.4. The highest BCUT2D eigenvalue weighted by atomic mass is 79.9. The van der Waals surface area contributed by atoms with Crippen LogP contribution in [0.3, 0.4) is 0 Å². The minimum Gasteiger partial charge on any atom is -0.374 e. The molecule has 3 N–H and O–H groups in total. The van der Waals surface area contributed by atoms with Crippen molar-refractivity contribution in [3.63, 3.8) is 0 Å². The fourth-order valence-electron chi connectivity index (χ4n) is 5.76. The van der Waals surface area contributed by atoms with Crippen molar-refractivity contribution in [3.05, 3.63) is 78.5 Å². The Kier molecular flexibility index (Phi) is 7.90. The maximum absolute atomic E-state index is 13.7. The Morgan fingerprint density at radius 3 is 2.45 bits per heavy atom. The zero-order chi connectivity index (χ0) is 28.6. The van der Waals surface area contributed by atoms with Gasteiger partial charge in [-0.3, -0.25) is 24.5 Å². The van der Waals surface area contributed by atoms with E-state index in [0.717, 1.165) is 0 Å². The van der Waals surface area contributed by atoms with E-state index in [9.17, 15) is 24.5 Å². The van der Waals surface area contributed by atoms with Crippen LogP contribution >= 0.6 is 15.9 Å². The van der Waals surface area contributed by atoms with Crippen LogP contribution in [-0.4, -0.2) is 75.8 Å². The van der Waals surface area contributed by atoms with Crippen LogP contribution in [0.1, 0.15) is 47.4 Å². The Morgan fingerprint density at radius 2 is 1.73 bits per heavy atom. The Balaban J connectivity index is 1.44. The molecular formula is C28H31BrN6O5. The molecular weight excluding hydrogens is 580 g/mol. The van der Waals surface area contributed by atoms with Crippen molar-refractivity contribution < 1.29 is 14.5 Å². The monoisotopic (exact) mass is 610 g/mol. The fraction of sp³-hybridized carbons (Fsp3) is 0.393. The van der Waals surface area contributed by atoms with Crippen LogP contribution in [0.2, 0.25) is 0 Å². The van der Waals surface area contributed by atoms with Crippen molar-refractivity contribution in [1.82, 2.24) is 20.1 Å². The van der Waals surface area contributed by atoms with Crippen molar-refractivity contribution in [2.45, 2.75) is 44.8 Å². The van der Waals surface area contributed by atoms with Gasteiger partial charge in [-0.1, -0.05) is 34.1 Å². The number of para-hydroxylation sites is 1. The number of benzene rings is 2. The molecule has 0 saturated carbocycles. The van der Waals surface area contributed by atoms with Gasteiger partial charge in [0.15, 0.2) is 0 Å². The number of carbonyl (C=O) groups excluding carboxylic acids is 2. The molecule has 5 rings (SSSR count). The Morgan fingerprint density at radius 1 is 1.02 bits per heavy atom. The third-order valence-corrected chi connectivity index (χ3v) is 7.85. The minimum absolute atomic E-state index is 0.0884. The van der Waals surface area contributed by atoms with Gasteiger partial charge in [0.1, 0.15) is 5.69 Å². The molecule has 2 aromatic carbocycles. The van der Waals surface area contributed by atoms with Crippen molar-refractivity contribution in [3.8, 4) is 0 Å². The van der Waals surface area contributed by atoms with Crippen LogP contribution in [0.5, 0.6) is 0 Å². The molecule has 2 aliphatic rings. The van der Waals surface area contributed by atoms with E-state index in [1.54, 1.807) is 34.1 Å². The number of fused-ring (bicyclic) bond motifs is 1. The van der Waals surface area contributed by atoms with Crippen LogP contribution in [-0.2, 0) is 0 Å². The lowest BCUT2D eigenvalue weighted by Gasteiger charge is -2.37. The zero-order valence-corrected chi connectivity index (χ0v) is 23.9. The number of likely N-dealkylation sites (tertiary alicyclic amines) is 1. The maximum atomic E-state index is 13.7. The maximum Gasteiger partial charge on any atom is 0.294 e. The average molecular weight is 611 g/mol. The molecule has 2 fully saturated rings. The SMILES string of the molecule is C[C@@H]1CN(C(=O)c2cc(Br)cc([N+](=O)[O-])c2N[C@@H]2CCCN(C(=O)c3cc(=O)[nH]c4ccccc34)C2)C[C@H](C)N1. The van der Waals surface area contributed by atoms with Crippen molar-refractivity contribution >= 4 is 50.0 Å². The van der Waals surface area contributed by atoms with E-state index in [1.807, 2.05) is 19.9 Å². The fourth-order valence-corrected chi connectivity index (χ4v) is 6.20. The first-order chi connectivity index (χ1) is 19.1. The number of nitrogens with zero attached hydrogens (tertiary/aromatic N) is 3. The number of halogens is 1. The number of hydrogen-bond donors (Lipinski definition) is 3. The number of H-pyrrole nitrogens is 1. The van der Waals surface area contributed by atoms with Gasteiger partial charge in [0.05, 0.1) is 16.1 Å². The van der Waals surface area contributed by atoms with E-state index < -0.39 is 4.92 Å². The van der Waals surface area contributed by atoms with Gasteiger partial charge in [-0.05, 0) is 38.8 Å². The number of carbonyl (C=O) groups is 2. The van der Waals surface area contributed by atoms with Crippen LogP contribution in [0.15, 0.2) is 51.7 Å². The molecule has 0 bridgehead atoms. The summed E-state index contributed by atoms with van der Waals surface area (Å²) < 4.78 is 0.436. The second-order valence-corrected chi connectivity index (χ2v) is 11.5. The number of piperazine rings is 1. The van der Waals surface area contributed by atoms with Gasteiger partial charge in [0.2, 0.25) is 5.56 Å².